The second-order valence-electron chi connectivity index (χ2n) is 4.79. The molecule has 0 aliphatic rings. The van der Waals surface area contributed by atoms with Crippen molar-refractivity contribution in [2.75, 3.05) is 7.11 Å². The monoisotopic (exact) mass is 367 g/mol. The summed E-state index contributed by atoms with van der Waals surface area (Å²) >= 11 is 9.59. The summed E-state index contributed by atoms with van der Waals surface area (Å²) < 4.78 is 5.47. The zero-order valence-electron chi connectivity index (χ0n) is 13.2. The predicted octanol–water partition coefficient (Wildman–Crippen LogP) is 4.78. The molecule has 1 atom stereocenters. The molecule has 0 saturated heterocycles. The molecular weight excluding hydrogens is 350 g/mol. The van der Waals surface area contributed by atoms with Gasteiger partial charge in [0.25, 0.3) is 0 Å². The van der Waals surface area contributed by atoms with Crippen LogP contribution in [0.1, 0.15) is 23.7 Å². The SMILES string of the molecule is COc1ccc(C)c(CSC(C)SC(=N)c2cnccn2)c1Cl. The number of nitrogens with one attached hydrogen (secondary N) is 1. The number of aromatic nitrogens is 2. The van der Waals surface area contributed by atoms with E-state index < -0.39 is 0 Å². The summed E-state index contributed by atoms with van der Waals surface area (Å²) in [5, 5.41) is 9.18. The molecule has 7 heteroatoms. The van der Waals surface area contributed by atoms with Crippen LogP contribution in [0, 0.1) is 12.3 Å². The molecule has 0 aliphatic carbocycles. The highest BCUT2D eigenvalue weighted by atomic mass is 35.5. The van der Waals surface area contributed by atoms with Gasteiger partial charge in [0.05, 0.1) is 22.9 Å². The molecule has 23 heavy (non-hydrogen) atoms. The number of rotatable bonds is 6. The van der Waals surface area contributed by atoms with Gasteiger partial charge in [0.15, 0.2) is 0 Å². The minimum atomic E-state index is 0.200. The number of hydrogen-bond acceptors (Lipinski definition) is 6. The van der Waals surface area contributed by atoms with Crippen LogP contribution in [-0.2, 0) is 5.75 Å². The van der Waals surface area contributed by atoms with Crippen molar-refractivity contribution in [3.63, 3.8) is 0 Å². The van der Waals surface area contributed by atoms with E-state index >= 15 is 0 Å². The molecular formula is C16H18ClN3OS2. The molecule has 1 aromatic heterocycles. The Kier molecular flexibility index (Phi) is 6.74. The van der Waals surface area contributed by atoms with Gasteiger partial charge in [-0.2, -0.15) is 0 Å². The Bertz CT molecular complexity index is 683. The van der Waals surface area contributed by atoms with E-state index in [4.69, 9.17) is 21.7 Å². The quantitative estimate of drug-likeness (QED) is 0.452. The van der Waals surface area contributed by atoms with Gasteiger partial charge in [-0.05, 0) is 31.0 Å². The van der Waals surface area contributed by atoms with Crippen LogP contribution in [0.3, 0.4) is 0 Å². The Balaban J connectivity index is 1.97. The van der Waals surface area contributed by atoms with Crippen LogP contribution in [0.5, 0.6) is 5.75 Å². The summed E-state index contributed by atoms with van der Waals surface area (Å²) in [6.45, 7) is 4.12. The molecule has 4 nitrogen and oxygen atoms in total. The number of benzene rings is 1. The maximum atomic E-state index is 8.09. The summed E-state index contributed by atoms with van der Waals surface area (Å²) in [5.74, 6) is 1.46. The van der Waals surface area contributed by atoms with E-state index in [0.29, 0.717) is 21.5 Å². The Hall–Kier alpha value is -1.24. The second kappa shape index (κ2) is 8.57. The summed E-state index contributed by atoms with van der Waals surface area (Å²) in [7, 11) is 1.62. The lowest BCUT2D eigenvalue weighted by molar-refractivity contribution is 0.414. The van der Waals surface area contributed by atoms with Gasteiger partial charge in [0.2, 0.25) is 0 Å². The van der Waals surface area contributed by atoms with E-state index in [1.165, 1.54) is 11.8 Å². The maximum absolute atomic E-state index is 8.09. The van der Waals surface area contributed by atoms with E-state index in [9.17, 15) is 0 Å². The molecule has 0 spiro atoms. The summed E-state index contributed by atoms with van der Waals surface area (Å²) in [5.41, 5.74) is 2.82. The van der Waals surface area contributed by atoms with E-state index in [-0.39, 0.29) is 4.58 Å². The number of thioether (sulfide) groups is 2. The van der Waals surface area contributed by atoms with Gasteiger partial charge in [-0.25, -0.2) is 0 Å². The topological polar surface area (TPSA) is 58.9 Å². The Morgan fingerprint density at radius 2 is 2.17 bits per heavy atom. The molecule has 0 radical (unpaired) electrons. The standard InChI is InChI=1S/C16H18ClN3OS2/c1-10-4-5-14(21-3)15(17)12(10)9-22-11(2)23-16(18)13-8-19-6-7-20-13/h4-8,11,18H,9H2,1-3H3. The largest absolute Gasteiger partial charge is 0.495 e. The van der Waals surface area contributed by atoms with Crippen molar-refractivity contribution in [3.8, 4) is 5.75 Å². The molecule has 0 saturated carbocycles. The van der Waals surface area contributed by atoms with Crippen LogP contribution in [0.25, 0.3) is 0 Å². The average Bonchev–Trinajstić information content (AvgIpc) is 2.55. The number of aryl methyl sites for hydroxylation is 1. The lowest BCUT2D eigenvalue weighted by Gasteiger charge is -2.15. The number of hydrogen-bond donors (Lipinski definition) is 1. The van der Waals surface area contributed by atoms with E-state index in [1.807, 2.05) is 19.1 Å². The van der Waals surface area contributed by atoms with Gasteiger partial charge < -0.3 is 4.74 Å². The van der Waals surface area contributed by atoms with Crippen molar-refractivity contribution in [2.45, 2.75) is 24.2 Å². The van der Waals surface area contributed by atoms with Crippen LogP contribution in [-0.4, -0.2) is 26.7 Å². The maximum Gasteiger partial charge on any atom is 0.137 e. The minimum absolute atomic E-state index is 0.200. The zero-order chi connectivity index (χ0) is 16.8. The molecule has 1 N–H and O–H groups in total. The third kappa shape index (κ3) is 4.86. The highest BCUT2D eigenvalue weighted by molar-refractivity contribution is 8.24. The lowest BCUT2D eigenvalue weighted by atomic mass is 10.1. The van der Waals surface area contributed by atoms with Crippen LogP contribution in [0.15, 0.2) is 30.7 Å². The van der Waals surface area contributed by atoms with E-state index in [0.717, 1.165) is 16.9 Å². The van der Waals surface area contributed by atoms with Crippen LogP contribution in [0.2, 0.25) is 5.02 Å². The Morgan fingerprint density at radius 3 is 2.83 bits per heavy atom. The molecule has 2 rings (SSSR count). The van der Waals surface area contributed by atoms with Crippen LogP contribution in [0.4, 0.5) is 0 Å². The van der Waals surface area contributed by atoms with Crippen molar-refractivity contribution in [2.24, 2.45) is 0 Å². The van der Waals surface area contributed by atoms with Gasteiger partial charge >= 0.3 is 0 Å². The van der Waals surface area contributed by atoms with Crippen molar-refractivity contribution in [3.05, 3.63) is 52.6 Å². The molecule has 122 valence electrons. The summed E-state index contributed by atoms with van der Waals surface area (Å²) in [4.78, 5) is 8.14. The fourth-order valence-corrected chi connectivity index (χ4v) is 4.44. The molecule has 1 unspecified atom stereocenters. The van der Waals surface area contributed by atoms with Crippen LogP contribution < -0.4 is 4.74 Å². The zero-order valence-corrected chi connectivity index (χ0v) is 15.6. The smallest absolute Gasteiger partial charge is 0.137 e. The normalized spacial score (nSPS) is 12.0. The average molecular weight is 368 g/mol. The minimum Gasteiger partial charge on any atom is -0.495 e. The fourth-order valence-electron chi connectivity index (χ4n) is 1.91. The third-order valence-corrected chi connectivity index (χ3v) is 6.02. The first-order valence-corrected chi connectivity index (χ1v) is 9.28. The molecule has 0 fully saturated rings. The van der Waals surface area contributed by atoms with Crippen molar-refractivity contribution in [1.82, 2.24) is 9.97 Å². The lowest BCUT2D eigenvalue weighted by Crippen LogP contribution is -2.03. The van der Waals surface area contributed by atoms with Crippen LogP contribution >= 0.6 is 35.1 Å². The van der Waals surface area contributed by atoms with Crippen molar-refractivity contribution >= 4 is 40.2 Å². The fraction of sp³-hybridized carbons (Fsp3) is 0.312. The molecule has 0 bridgehead atoms. The van der Waals surface area contributed by atoms with E-state index in [1.54, 1.807) is 37.5 Å². The van der Waals surface area contributed by atoms with Gasteiger partial charge in [0.1, 0.15) is 16.5 Å². The highest BCUT2D eigenvalue weighted by Crippen LogP contribution is 2.36. The van der Waals surface area contributed by atoms with Gasteiger partial charge in [-0.3, -0.25) is 15.4 Å². The number of halogens is 1. The number of nitrogens with zero attached hydrogens (tertiary/aromatic N) is 2. The number of ether oxygens (including phenoxy) is 1. The Morgan fingerprint density at radius 1 is 1.39 bits per heavy atom. The first-order chi connectivity index (χ1) is 11.0. The number of methoxy groups -OCH3 is 1. The molecule has 0 amide bonds. The van der Waals surface area contributed by atoms with Gasteiger partial charge in [-0.1, -0.05) is 29.4 Å². The molecule has 1 heterocycles. The molecule has 2 aromatic rings. The third-order valence-electron chi connectivity index (χ3n) is 3.20. The van der Waals surface area contributed by atoms with E-state index in [2.05, 4.69) is 16.9 Å². The first-order valence-electron chi connectivity index (χ1n) is 6.98. The summed E-state index contributed by atoms with van der Waals surface area (Å²) in [6.07, 6.45) is 4.81. The predicted molar refractivity (Wildman–Crippen MR) is 99.9 cm³/mol. The molecule has 1 aromatic carbocycles. The van der Waals surface area contributed by atoms with Gasteiger partial charge in [-0.15, -0.1) is 11.8 Å². The first kappa shape index (κ1) is 18.1. The van der Waals surface area contributed by atoms with Crippen molar-refractivity contribution in [1.29, 1.82) is 5.41 Å². The highest BCUT2D eigenvalue weighted by Gasteiger charge is 2.14. The Labute approximate surface area is 149 Å². The van der Waals surface area contributed by atoms with Crippen molar-refractivity contribution < 1.29 is 4.74 Å². The molecule has 0 aliphatic heterocycles. The summed E-state index contributed by atoms with van der Waals surface area (Å²) in [6, 6.07) is 3.90. The van der Waals surface area contributed by atoms with Gasteiger partial charge in [0, 0.05) is 18.1 Å². The second-order valence-corrected chi connectivity index (χ2v) is 8.15.